The van der Waals surface area contributed by atoms with Gasteiger partial charge in [0.1, 0.15) is 11.8 Å². The third kappa shape index (κ3) is 4.34. The summed E-state index contributed by atoms with van der Waals surface area (Å²) in [6, 6.07) is 8.90. The normalized spacial score (nSPS) is 10.2. The number of nitrogens with zero attached hydrogens (tertiary/aromatic N) is 4. The van der Waals surface area contributed by atoms with Crippen LogP contribution < -0.4 is 0 Å². The molecule has 0 unspecified atom stereocenters. The summed E-state index contributed by atoms with van der Waals surface area (Å²) in [5.74, 6) is -0.274. The van der Waals surface area contributed by atoms with Crippen LogP contribution in [0.5, 0.6) is 0 Å². The Morgan fingerprint density at radius 3 is 2.12 bits per heavy atom. The quantitative estimate of drug-likeness (QED) is 0.690. The molecular weight excluding hydrogens is 407 g/mol. The maximum Gasteiger partial charge on any atom is 2.00 e. The van der Waals surface area contributed by atoms with E-state index in [1.807, 2.05) is 19.1 Å². The summed E-state index contributed by atoms with van der Waals surface area (Å²) in [6.07, 6.45) is 0. The molecule has 0 bridgehead atoms. The molecule has 1 aromatic heterocycles. The second kappa shape index (κ2) is 9.15. The van der Waals surface area contributed by atoms with Crippen molar-refractivity contribution in [1.82, 2.24) is 13.3 Å². The minimum Gasteiger partial charge on any atom is -0.870 e. The molecule has 1 radical (unpaired) electrons. The number of nitriles is 1. The van der Waals surface area contributed by atoms with Crippen molar-refractivity contribution in [3.8, 4) is 17.3 Å². The van der Waals surface area contributed by atoms with E-state index in [9.17, 15) is 8.42 Å². The first-order valence-corrected chi connectivity index (χ1v) is 7.75. The van der Waals surface area contributed by atoms with Gasteiger partial charge in [-0.1, -0.05) is 41.4 Å². The zero-order valence-corrected chi connectivity index (χ0v) is 15.4. The molecule has 8 nitrogen and oxygen atoms in total. The van der Waals surface area contributed by atoms with E-state index in [0.29, 0.717) is 5.56 Å². The first-order valence-electron chi connectivity index (χ1n) is 5.97. The topological polar surface area (TPSA) is 139 Å². The van der Waals surface area contributed by atoms with Crippen molar-refractivity contribution in [2.24, 2.45) is 0 Å². The van der Waals surface area contributed by atoms with E-state index >= 15 is 0 Å². The Balaban J connectivity index is 0. The van der Waals surface area contributed by atoms with E-state index in [0.717, 1.165) is 13.8 Å². The predicted octanol–water partition coefficient (Wildman–Crippen LogP) is 1.68. The van der Waals surface area contributed by atoms with Crippen LogP contribution in [0.2, 0.25) is 5.15 Å². The largest absolute Gasteiger partial charge is 2.00 e. The summed E-state index contributed by atoms with van der Waals surface area (Å²) < 4.78 is 26.7. The van der Waals surface area contributed by atoms with Crippen molar-refractivity contribution in [3.63, 3.8) is 0 Å². The monoisotopic (exact) mass is 421 g/mol. The Hall–Kier alpha value is -1.44. The van der Waals surface area contributed by atoms with Gasteiger partial charge in [0.25, 0.3) is 0 Å². The molecule has 0 spiro atoms. The summed E-state index contributed by atoms with van der Waals surface area (Å²) in [5, 5.41) is 9.09. The Morgan fingerprint density at radius 2 is 1.71 bits per heavy atom. The van der Waals surface area contributed by atoms with Gasteiger partial charge in [0.15, 0.2) is 5.15 Å². The van der Waals surface area contributed by atoms with Crippen molar-refractivity contribution in [2.45, 2.75) is 6.92 Å². The van der Waals surface area contributed by atoms with Crippen molar-refractivity contribution >= 4 is 21.8 Å². The maximum absolute atomic E-state index is 12.4. The summed E-state index contributed by atoms with van der Waals surface area (Å²) in [6.45, 7) is 1.92. The molecule has 0 amide bonds. The molecule has 2 N–H and O–H groups in total. The fraction of sp³-hybridized carbons (Fsp3) is 0.231. The van der Waals surface area contributed by atoms with Gasteiger partial charge in [-0.05, 0) is 6.92 Å². The second-order valence-electron chi connectivity index (χ2n) is 4.61. The Bertz CT molecular complexity index is 829. The summed E-state index contributed by atoms with van der Waals surface area (Å²) in [7, 11) is -1.15. The smallest absolute Gasteiger partial charge is 0.870 e. The van der Waals surface area contributed by atoms with Crippen LogP contribution >= 0.6 is 11.6 Å². The molecule has 2 aromatic rings. The van der Waals surface area contributed by atoms with Gasteiger partial charge >= 0.3 is 27.3 Å². The van der Waals surface area contributed by atoms with Crippen LogP contribution in [0, 0.1) is 18.3 Å². The third-order valence-corrected chi connectivity index (χ3v) is 4.92. The van der Waals surface area contributed by atoms with Crippen LogP contribution in [0.25, 0.3) is 11.3 Å². The van der Waals surface area contributed by atoms with Gasteiger partial charge in [-0.15, -0.1) is 0 Å². The van der Waals surface area contributed by atoms with Crippen LogP contribution in [0.4, 0.5) is 0 Å². The first-order chi connectivity index (χ1) is 9.78. The second-order valence-corrected chi connectivity index (χ2v) is 6.96. The molecule has 11 heteroatoms. The van der Waals surface area contributed by atoms with Gasteiger partial charge < -0.3 is 11.0 Å². The van der Waals surface area contributed by atoms with Gasteiger partial charge in [0, 0.05) is 19.7 Å². The van der Waals surface area contributed by atoms with E-state index in [-0.39, 0.29) is 44.7 Å². The van der Waals surface area contributed by atoms with Crippen LogP contribution in [0.3, 0.4) is 0 Å². The number of aryl methyl sites for hydroxylation is 1. The van der Waals surface area contributed by atoms with E-state index in [4.69, 9.17) is 16.9 Å². The van der Waals surface area contributed by atoms with Gasteiger partial charge in [-0.25, -0.2) is 4.98 Å². The van der Waals surface area contributed by atoms with Crippen LogP contribution in [-0.2, 0) is 27.3 Å². The average Bonchev–Trinajstić information content (AvgIpc) is 2.77. The molecule has 0 atom stereocenters. The Kier molecular flexibility index (Phi) is 9.46. The zero-order chi connectivity index (χ0) is 15.8. The number of hydrogen-bond donors (Lipinski definition) is 0. The first kappa shape index (κ1) is 24.8. The minimum atomic E-state index is -3.91. The Morgan fingerprint density at radius 1 is 1.21 bits per heavy atom. The van der Waals surface area contributed by atoms with E-state index < -0.39 is 10.2 Å². The van der Waals surface area contributed by atoms with E-state index in [2.05, 4.69) is 4.98 Å². The molecule has 0 aliphatic carbocycles. The summed E-state index contributed by atoms with van der Waals surface area (Å²) in [5.41, 5.74) is 1.78. The van der Waals surface area contributed by atoms with Crippen LogP contribution in [-0.4, -0.2) is 46.7 Å². The van der Waals surface area contributed by atoms with Gasteiger partial charge in [-0.2, -0.15) is 22.0 Å². The minimum absolute atomic E-state index is 0. The zero-order valence-electron chi connectivity index (χ0n) is 12.9. The fourth-order valence-electron chi connectivity index (χ4n) is 1.79. The molecule has 0 aliphatic heterocycles. The molecular formula is C13H15ClCuN4O4S. The van der Waals surface area contributed by atoms with Crippen molar-refractivity contribution in [1.29, 1.82) is 5.26 Å². The van der Waals surface area contributed by atoms with Gasteiger partial charge in [-0.3, -0.25) is 0 Å². The number of rotatable bonds is 3. The van der Waals surface area contributed by atoms with Crippen molar-refractivity contribution in [3.05, 3.63) is 40.8 Å². The molecule has 135 valence electrons. The van der Waals surface area contributed by atoms with E-state index in [1.54, 1.807) is 18.2 Å². The third-order valence-electron chi connectivity index (χ3n) is 2.91. The molecule has 0 aliphatic rings. The molecule has 1 heterocycles. The maximum atomic E-state index is 12.4. The van der Waals surface area contributed by atoms with Crippen molar-refractivity contribution in [2.75, 3.05) is 14.1 Å². The Labute approximate surface area is 155 Å². The molecule has 24 heavy (non-hydrogen) atoms. The SMILES string of the molecule is Cc1ccc(-c2c(Cl)nc(C#N)n2S(=O)(=O)N(C)C)cc1.[Cu+2].[OH-].[OH-]. The van der Waals surface area contributed by atoms with E-state index in [1.165, 1.54) is 14.1 Å². The summed E-state index contributed by atoms with van der Waals surface area (Å²) >= 11 is 6.05. The number of hydrogen-bond acceptors (Lipinski definition) is 6. The number of benzene rings is 1. The van der Waals surface area contributed by atoms with Gasteiger partial charge in [0.05, 0.1) is 0 Å². The predicted molar refractivity (Wildman–Crippen MR) is 84.0 cm³/mol. The fourth-order valence-corrected chi connectivity index (χ4v) is 3.16. The molecule has 1 aromatic carbocycles. The van der Waals surface area contributed by atoms with Gasteiger partial charge in [0.2, 0.25) is 5.82 Å². The standard InChI is InChI=1S/C13H13ClN4O2S.Cu.2H2O/c1-9-4-6-10(7-5-9)12-13(14)16-11(8-15)18(12)21(19,20)17(2)3;;;/h4-7H,1-3H3;;2*1H2/q;+2;;/p-2. The van der Waals surface area contributed by atoms with Crippen LogP contribution in [0.15, 0.2) is 24.3 Å². The summed E-state index contributed by atoms with van der Waals surface area (Å²) in [4.78, 5) is 3.84. The molecule has 2 rings (SSSR count). The molecule has 0 saturated heterocycles. The molecule has 0 saturated carbocycles. The van der Waals surface area contributed by atoms with Crippen molar-refractivity contribution < 1.29 is 36.4 Å². The molecule has 0 fully saturated rings. The number of aromatic nitrogens is 2. The average molecular weight is 422 g/mol. The number of imidazole rings is 1. The number of halogens is 1. The van der Waals surface area contributed by atoms with Crippen LogP contribution in [0.1, 0.15) is 11.4 Å².